The van der Waals surface area contributed by atoms with E-state index in [1.165, 1.54) is 11.3 Å². The van der Waals surface area contributed by atoms with Crippen molar-refractivity contribution < 1.29 is 0 Å². The van der Waals surface area contributed by atoms with Gasteiger partial charge in [-0.1, -0.05) is 17.7 Å². The molecular weight excluding hydrogens is 182 g/mol. The third kappa shape index (κ3) is 2.74. The summed E-state index contributed by atoms with van der Waals surface area (Å²) in [5.74, 6) is 0. The summed E-state index contributed by atoms with van der Waals surface area (Å²) < 4.78 is 0. The van der Waals surface area contributed by atoms with Crippen LogP contribution in [0.2, 0.25) is 0 Å². The largest absolute Gasteiger partial charge is 0.371 e. The smallest absolute Gasteiger partial charge is 0.0366 e. The summed E-state index contributed by atoms with van der Waals surface area (Å²) in [5.41, 5.74) is 5.70. The lowest BCUT2D eigenvalue weighted by atomic mass is 10.2. The van der Waals surface area contributed by atoms with E-state index in [9.17, 15) is 0 Å². The minimum atomic E-state index is 0.963. The van der Waals surface area contributed by atoms with Gasteiger partial charge in [-0.05, 0) is 38.0 Å². The monoisotopic (exact) mass is 198 g/mol. The minimum absolute atomic E-state index is 0.963. The highest BCUT2D eigenvalue weighted by atomic mass is 15.1. The average Bonchev–Trinajstić information content (AvgIpc) is 2.19. The van der Waals surface area contributed by atoms with Crippen LogP contribution in [-0.2, 0) is 0 Å². The summed E-state index contributed by atoms with van der Waals surface area (Å²) in [5, 5.41) is 0. The molecule has 0 N–H and O–H groups in total. The molecule has 0 amide bonds. The predicted molar refractivity (Wildman–Crippen MR) is 64.0 cm³/mol. The van der Waals surface area contributed by atoms with Crippen LogP contribution in [0.15, 0.2) is 36.1 Å². The van der Waals surface area contributed by atoms with E-state index >= 15 is 0 Å². The molecule has 0 spiro atoms. The first-order chi connectivity index (χ1) is 7.36. The van der Waals surface area contributed by atoms with Gasteiger partial charge < -0.3 is 4.90 Å². The summed E-state index contributed by atoms with van der Waals surface area (Å²) in [6.07, 6.45) is 7.24. The summed E-state index contributed by atoms with van der Waals surface area (Å²) >= 11 is 0. The summed E-state index contributed by atoms with van der Waals surface area (Å²) in [7, 11) is 0. The van der Waals surface area contributed by atoms with Crippen LogP contribution < -0.4 is 4.90 Å². The number of benzene rings is 1. The van der Waals surface area contributed by atoms with Gasteiger partial charge in [0.1, 0.15) is 0 Å². The van der Waals surface area contributed by atoms with Crippen molar-refractivity contribution in [1.82, 2.24) is 0 Å². The Morgan fingerprint density at radius 2 is 1.93 bits per heavy atom. The summed E-state index contributed by atoms with van der Waals surface area (Å²) in [6, 6.07) is 8.74. The molecule has 1 heteroatoms. The number of hydrogen-bond acceptors (Lipinski definition) is 1. The molecule has 77 valence electrons. The van der Waals surface area contributed by atoms with Crippen LogP contribution in [0.25, 0.3) is 0 Å². The van der Waals surface area contributed by atoms with Crippen LogP contribution in [0, 0.1) is 13.0 Å². The van der Waals surface area contributed by atoms with Gasteiger partial charge in [0.2, 0.25) is 0 Å². The van der Waals surface area contributed by atoms with E-state index < -0.39 is 0 Å². The highest BCUT2D eigenvalue weighted by Gasteiger charge is 2.05. The number of aryl methyl sites for hydroxylation is 1. The quantitative estimate of drug-likeness (QED) is 0.627. The number of anilines is 1. The molecule has 0 unspecified atom stereocenters. The number of rotatable bonds is 1. The summed E-state index contributed by atoms with van der Waals surface area (Å²) in [4.78, 5) is 2.41. The molecule has 1 heterocycles. The van der Waals surface area contributed by atoms with Crippen LogP contribution in [0.5, 0.6) is 0 Å². The number of nitrogens with zero attached hydrogens (tertiary/aromatic N) is 1. The topological polar surface area (TPSA) is 3.24 Å². The van der Waals surface area contributed by atoms with E-state index in [1.54, 1.807) is 0 Å². The maximum Gasteiger partial charge on any atom is 0.0366 e. The van der Waals surface area contributed by atoms with Crippen molar-refractivity contribution in [3.63, 3.8) is 0 Å². The Morgan fingerprint density at radius 3 is 2.73 bits per heavy atom. The molecule has 0 saturated carbocycles. The first kappa shape index (κ1) is 10.1. The zero-order chi connectivity index (χ0) is 10.5. The molecule has 0 bridgehead atoms. The van der Waals surface area contributed by atoms with Gasteiger partial charge in [-0.3, -0.25) is 0 Å². The molecule has 15 heavy (non-hydrogen) atoms. The molecule has 0 fully saturated rings. The Balaban J connectivity index is 2.10. The Bertz CT molecular complexity index is 357. The maximum absolute atomic E-state index is 3.15. The Hall–Kier alpha value is -1.46. The van der Waals surface area contributed by atoms with Gasteiger partial charge in [0, 0.05) is 24.9 Å². The van der Waals surface area contributed by atoms with Crippen molar-refractivity contribution in [2.24, 2.45) is 0 Å². The highest BCUT2D eigenvalue weighted by molar-refractivity contribution is 5.47. The highest BCUT2D eigenvalue weighted by Crippen LogP contribution is 2.16. The first-order valence-electron chi connectivity index (χ1n) is 5.48. The third-order valence-corrected chi connectivity index (χ3v) is 2.65. The van der Waals surface area contributed by atoms with E-state index in [-0.39, 0.29) is 0 Å². The van der Waals surface area contributed by atoms with Gasteiger partial charge in [0.15, 0.2) is 0 Å². The standard InChI is InChI=1S/C14H16N/c1-13-7-9-14(10-8-13)15-11-5-3-2-4-6-12-15/h3,7-10H,5-6,11-12H2,1H3. The zero-order valence-electron chi connectivity index (χ0n) is 9.16. The molecule has 0 saturated heterocycles. The number of hydrogen-bond donors (Lipinski definition) is 0. The zero-order valence-corrected chi connectivity index (χ0v) is 9.16. The van der Waals surface area contributed by atoms with Crippen molar-refractivity contribution in [1.29, 1.82) is 0 Å². The van der Waals surface area contributed by atoms with Gasteiger partial charge in [0.25, 0.3) is 0 Å². The molecule has 1 aliphatic heterocycles. The Kier molecular flexibility index (Phi) is 3.26. The van der Waals surface area contributed by atoms with Crippen molar-refractivity contribution in [2.45, 2.75) is 19.8 Å². The van der Waals surface area contributed by atoms with Crippen LogP contribution in [0.3, 0.4) is 0 Å². The summed E-state index contributed by atoms with van der Waals surface area (Å²) in [6.45, 7) is 4.25. The van der Waals surface area contributed by atoms with Crippen molar-refractivity contribution in [2.75, 3.05) is 18.0 Å². The first-order valence-corrected chi connectivity index (χ1v) is 5.48. The normalized spacial score (nSPS) is 16.2. The second kappa shape index (κ2) is 4.86. The molecule has 0 atom stereocenters. The van der Waals surface area contributed by atoms with Gasteiger partial charge >= 0.3 is 0 Å². The van der Waals surface area contributed by atoms with Crippen LogP contribution >= 0.6 is 0 Å². The fourth-order valence-corrected chi connectivity index (χ4v) is 1.75. The molecule has 0 aromatic heterocycles. The SMILES string of the molecule is Cc1ccc(N2CC[C]=C=CCC2)cc1. The third-order valence-electron chi connectivity index (χ3n) is 2.65. The fourth-order valence-electron chi connectivity index (χ4n) is 1.75. The van der Waals surface area contributed by atoms with Crippen molar-refractivity contribution >= 4 is 5.69 Å². The second-order valence-corrected chi connectivity index (χ2v) is 3.89. The molecule has 0 aliphatic carbocycles. The average molecular weight is 198 g/mol. The van der Waals surface area contributed by atoms with Crippen molar-refractivity contribution in [3.8, 4) is 0 Å². The Morgan fingerprint density at radius 1 is 1.13 bits per heavy atom. The van der Waals surface area contributed by atoms with E-state index in [1.807, 2.05) is 0 Å². The van der Waals surface area contributed by atoms with E-state index in [0.29, 0.717) is 0 Å². The Labute approximate surface area is 91.7 Å². The molecule has 1 aromatic carbocycles. The van der Waals surface area contributed by atoms with E-state index in [4.69, 9.17) is 0 Å². The van der Waals surface area contributed by atoms with Crippen LogP contribution in [0.1, 0.15) is 18.4 Å². The maximum atomic E-state index is 3.15. The molecule has 1 nitrogen and oxygen atoms in total. The minimum Gasteiger partial charge on any atom is -0.371 e. The van der Waals surface area contributed by atoms with Crippen molar-refractivity contribution in [3.05, 3.63) is 47.7 Å². The van der Waals surface area contributed by atoms with Gasteiger partial charge in [-0.25, -0.2) is 0 Å². The van der Waals surface area contributed by atoms with Crippen LogP contribution in [0.4, 0.5) is 5.69 Å². The van der Waals surface area contributed by atoms with E-state index in [2.05, 4.69) is 54.0 Å². The second-order valence-electron chi connectivity index (χ2n) is 3.89. The van der Waals surface area contributed by atoms with Gasteiger partial charge in [-0.2, -0.15) is 0 Å². The van der Waals surface area contributed by atoms with Gasteiger partial charge in [-0.15, -0.1) is 5.73 Å². The molecule has 1 radical (unpaired) electrons. The molecule has 1 aliphatic rings. The predicted octanol–water partition coefficient (Wildman–Crippen LogP) is 3.11. The molecule has 2 rings (SSSR count). The fraction of sp³-hybridized carbons (Fsp3) is 0.357. The van der Waals surface area contributed by atoms with E-state index in [0.717, 1.165) is 25.9 Å². The van der Waals surface area contributed by atoms with Gasteiger partial charge in [0.05, 0.1) is 0 Å². The van der Waals surface area contributed by atoms with Crippen LogP contribution in [-0.4, -0.2) is 13.1 Å². The molecular formula is C14H16N. The lowest BCUT2D eigenvalue weighted by Crippen LogP contribution is -2.25. The molecule has 1 aromatic rings. The lowest BCUT2D eigenvalue weighted by molar-refractivity contribution is 0.776. The lowest BCUT2D eigenvalue weighted by Gasteiger charge is -2.24.